The van der Waals surface area contributed by atoms with Crippen LogP contribution in [0, 0.1) is 0 Å². The van der Waals surface area contributed by atoms with Gasteiger partial charge in [-0.15, -0.1) is 0 Å². The molecule has 2 aliphatic rings. The van der Waals surface area contributed by atoms with Crippen LogP contribution in [0.5, 0.6) is 0 Å². The van der Waals surface area contributed by atoms with Crippen LogP contribution in [0.4, 0.5) is 0 Å². The second-order valence-corrected chi connectivity index (χ2v) is 7.40. The van der Waals surface area contributed by atoms with Crippen LogP contribution in [0.15, 0.2) is 42.7 Å². The minimum atomic E-state index is -0.296. The van der Waals surface area contributed by atoms with Crippen LogP contribution in [-0.2, 0) is 6.54 Å². The van der Waals surface area contributed by atoms with Crippen LogP contribution >= 0.6 is 0 Å². The summed E-state index contributed by atoms with van der Waals surface area (Å²) < 4.78 is 0. The van der Waals surface area contributed by atoms with E-state index in [2.05, 4.69) is 4.98 Å². The normalized spacial score (nSPS) is 15.7. The second kappa shape index (κ2) is 7.54. The van der Waals surface area contributed by atoms with Gasteiger partial charge in [0, 0.05) is 37.1 Å². The van der Waals surface area contributed by atoms with E-state index in [1.54, 1.807) is 30.6 Å². The Morgan fingerprint density at radius 3 is 2.50 bits per heavy atom. The quantitative estimate of drug-likeness (QED) is 0.694. The summed E-state index contributed by atoms with van der Waals surface area (Å²) in [5.74, 6) is -0.659. The van der Waals surface area contributed by atoms with Gasteiger partial charge in [-0.2, -0.15) is 0 Å². The molecule has 1 saturated carbocycles. The summed E-state index contributed by atoms with van der Waals surface area (Å²) in [6, 6.07) is 8.90. The molecule has 1 aromatic carbocycles. The van der Waals surface area contributed by atoms with Crippen molar-refractivity contribution >= 4 is 17.7 Å². The minimum Gasteiger partial charge on any atom is -0.331 e. The van der Waals surface area contributed by atoms with Gasteiger partial charge in [0.15, 0.2) is 0 Å². The molecular weight excluding hydrogens is 354 g/mol. The molecule has 3 amide bonds. The Bertz CT molecular complexity index is 922. The first-order valence-electron chi connectivity index (χ1n) is 9.80. The summed E-state index contributed by atoms with van der Waals surface area (Å²) in [6.07, 6.45) is 7.10. The Hall–Kier alpha value is -3.02. The molecule has 1 fully saturated rings. The first-order valence-corrected chi connectivity index (χ1v) is 9.80. The average Bonchev–Trinajstić information content (AvgIpc) is 3.53. The van der Waals surface area contributed by atoms with Gasteiger partial charge in [-0.3, -0.25) is 24.3 Å². The number of fused-ring (bicyclic) bond motifs is 1. The Morgan fingerprint density at radius 1 is 1.11 bits per heavy atom. The van der Waals surface area contributed by atoms with Crippen LogP contribution in [0.1, 0.15) is 69.2 Å². The van der Waals surface area contributed by atoms with Crippen molar-refractivity contribution in [2.45, 2.75) is 45.2 Å². The Balaban J connectivity index is 1.58. The van der Waals surface area contributed by atoms with E-state index >= 15 is 0 Å². The standard InChI is InChI=1S/C22H23N3O3/c1-2-3-12-24-21(27)18-7-4-16(13-19(18)22(24)28)20(26)25(17-5-6-17)14-15-8-10-23-11-9-15/h4,7-11,13,17H,2-3,5-6,12,14H2,1H3. The molecule has 144 valence electrons. The fourth-order valence-electron chi connectivity index (χ4n) is 3.55. The zero-order valence-electron chi connectivity index (χ0n) is 15.9. The van der Waals surface area contributed by atoms with Gasteiger partial charge in [0.25, 0.3) is 17.7 Å². The molecule has 4 rings (SSSR count). The lowest BCUT2D eigenvalue weighted by Crippen LogP contribution is -2.32. The van der Waals surface area contributed by atoms with E-state index < -0.39 is 0 Å². The third-order valence-corrected chi connectivity index (χ3v) is 5.30. The Morgan fingerprint density at radius 2 is 1.82 bits per heavy atom. The maximum Gasteiger partial charge on any atom is 0.261 e. The summed E-state index contributed by atoms with van der Waals surface area (Å²) in [7, 11) is 0. The molecule has 0 spiro atoms. The maximum atomic E-state index is 13.2. The fourth-order valence-corrected chi connectivity index (χ4v) is 3.55. The van der Waals surface area contributed by atoms with Gasteiger partial charge >= 0.3 is 0 Å². The number of unbranched alkanes of at least 4 members (excludes halogenated alkanes) is 1. The number of rotatable bonds is 7. The number of imide groups is 1. The molecule has 0 bridgehead atoms. The molecule has 0 atom stereocenters. The molecule has 6 nitrogen and oxygen atoms in total. The zero-order valence-corrected chi connectivity index (χ0v) is 15.9. The zero-order chi connectivity index (χ0) is 19.7. The summed E-state index contributed by atoms with van der Waals surface area (Å²) in [5.41, 5.74) is 2.21. The van der Waals surface area contributed by atoms with Crippen LogP contribution < -0.4 is 0 Å². The van der Waals surface area contributed by atoms with E-state index in [1.165, 1.54) is 4.90 Å². The predicted octanol–water partition coefficient (Wildman–Crippen LogP) is 3.28. The molecule has 1 aliphatic heterocycles. The highest BCUT2D eigenvalue weighted by Crippen LogP contribution is 2.31. The molecule has 0 radical (unpaired) electrons. The summed E-state index contributed by atoms with van der Waals surface area (Å²) in [4.78, 5) is 45.5. The van der Waals surface area contributed by atoms with E-state index in [-0.39, 0.29) is 23.8 Å². The fraction of sp³-hybridized carbons (Fsp3) is 0.364. The van der Waals surface area contributed by atoms with Crippen LogP contribution in [0.3, 0.4) is 0 Å². The monoisotopic (exact) mass is 377 g/mol. The molecule has 1 aliphatic carbocycles. The lowest BCUT2D eigenvalue weighted by molar-refractivity contribution is 0.0651. The first kappa shape index (κ1) is 18.3. The van der Waals surface area contributed by atoms with Crippen molar-refractivity contribution < 1.29 is 14.4 Å². The van der Waals surface area contributed by atoms with Gasteiger partial charge < -0.3 is 4.90 Å². The van der Waals surface area contributed by atoms with Crippen LogP contribution in [-0.4, -0.2) is 45.1 Å². The maximum absolute atomic E-state index is 13.2. The van der Waals surface area contributed by atoms with Gasteiger partial charge in [0.2, 0.25) is 0 Å². The van der Waals surface area contributed by atoms with Crippen molar-refractivity contribution in [1.82, 2.24) is 14.8 Å². The number of amides is 3. The SMILES string of the molecule is CCCCN1C(=O)c2ccc(C(=O)N(Cc3ccncc3)C3CC3)cc2C1=O. The number of nitrogens with zero attached hydrogens (tertiary/aromatic N) is 3. The number of hydrogen-bond donors (Lipinski definition) is 0. The molecule has 6 heteroatoms. The van der Waals surface area contributed by atoms with E-state index in [0.29, 0.717) is 29.8 Å². The minimum absolute atomic E-state index is 0.102. The smallest absolute Gasteiger partial charge is 0.261 e. The van der Waals surface area contributed by atoms with E-state index in [1.807, 2.05) is 24.0 Å². The Kier molecular flexibility index (Phi) is 4.94. The number of benzene rings is 1. The average molecular weight is 377 g/mol. The molecule has 0 N–H and O–H groups in total. The van der Waals surface area contributed by atoms with Gasteiger partial charge in [-0.05, 0) is 55.2 Å². The van der Waals surface area contributed by atoms with Gasteiger partial charge in [0.05, 0.1) is 11.1 Å². The molecule has 2 aromatic rings. The van der Waals surface area contributed by atoms with Gasteiger partial charge in [-0.25, -0.2) is 0 Å². The largest absolute Gasteiger partial charge is 0.331 e. The van der Waals surface area contributed by atoms with Crippen molar-refractivity contribution in [2.75, 3.05) is 6.54 Å². The molecular formula is C22H23N3O3. The Labute approximate surface area is 164 Å². The van der Waals surface area contributed by atoms with Gasteiger partial charge in [0.1, 0.15) is 0 Å². The summed E-state index contributed by atoms with van der Waals surface area (Å²) in [6.45, 7) is 2.95. The lowest BCUT2D eigenvalue weighted by atomic mass is 10.0. The number of hydrogen-bond acceptors (Lipinski definition) is 4. The first-order chi connectivity index (χ1) is 13.6. The number of pyridine rings is 1. The van der Waals surface area contributed by atoms with Crippen molar-refractivity contribution in [3.63, 3.8) is 0 Å². The molecule has 2 heterocycles. The number of aromatic nitrogens is 1. The third kappa shape index (κ3) is 3.42. The lowest BCUT2D eigenvalue weighted by Gasteiger charge is -2.23. The number of carbonyl (C=O) groups is 3. The molecule has 1 aromatic heterocycles. The highest BCUT2D eigenvalue weighted by molar-refractivity contribution is 6.22. The molecule has 28 heavy (non-hydrogen) atoms. The molecule has 0 unspecified atom stereocenters. The summed E-state index contributed by atoms with van der Waals surface area (Å²) in [5, 5.41) is 0. The van der Waals surface area contributed by atoms with E-state index in [4.69, 9.17) is 0 Å². The van der Waals surface area contributed by atoms with Crippen molar-refractivity contribution in [3.8, 4) is 0 Å². The van der Waals surface area contributed by atoms with Gasteiger partial charge in [-0.1, -0.05) is 13.3 Å². The highest BCUT2D eigenvalue weighted by Gasteiger charge is 2.37. The molecule has 0 saturated heterocycles. The van der Waals surface area contributed by atoms with Crippen LogP contribution in [0.25, 0.3) is 0 Å². The van der Waals surface area contributed by atoms with E-state index in [0.717, 1.165) is 31.2 Å². The highest BCUT2D eigenvalue weighted by atomic mass is 16.2. The number of carbonyl (C=O) groups excluding carboxylic acids is 3. The third-order valence-electron chi connectivity index (χ3n) is 5.30. The van der Waals surface area contributed by atoms with E-state index in [9.17, 15) is 14.4 Å². The predicted molar refractivity (Wildman–Crippen MR) is 104 cm³/mol. The van der Waals surface area contributed by atoms with Crippen molar-refractivity contribution in [3.05, 3.63) is 65.0 Å². The van der Waals surface area contributed by atoms with Crippen molar-refractivity contribution in [1.29, 1.82) is 0 Å². The van der Waals surface area contributed by atoms with Crippen LogP contribution in [0.2, 0.25) is 0 Å². The topological polar surface area (TPSA) is 70.6 Å². The van der Waals surface area contributed by atoms with Crippen molar-refractivity contribution in [2.24, 2.45) is 0 Å². The summed E-state index contributed by atoms with van der Waals surface area (Å²) >= 11 is 0. The second-order valence-electron chi connectivity index (χ2n) is 7.40.